The van der Waals surface area contributed by atoms with Gasteiger partial charge in [-0.15, -0.1) is 0 Å². The first-order valence-corrected chi connectivity index (χ1v) is 10.3. The van der Waals surface area contributed by atoms with Crippen LogP contribution in [0.1, 0.15) is 36.7 Å². The Morgan fingerprint density at radius 3 is 2.20 bits per heavy atom. The summed E-state index contributed by atoms with van der Waals surface area (Å²) in [4.78, 5) is 11.1. The molecule has 20 heavy (non-hydrogen) atoms. The molecule has 1 rings (SSSR count). The number of carbonyl (C=O) groups is 1. The van der Waals surface area contributed by atoms with Crippen molar-refractivity contribution in [3.05, 3.63) is 21.7 Å². The van der Waals surface area contributed by atoms with Gasteiger partial charge in [0.25, 0.3) is 8.32 Å². The predicted octanol–water partition coefficient (Wildman–Crippen LogP) is 4.96. The van der Waals surface area contributed by atoms with Gasteiger partial charge in [-0.3, -0.25) is 4.79 Å². The minimum absolute atomic E-state index is 0.0920. The zero-order valence-corrected chi connectivity index (χ0v) is 15.8. The molecular weight excluding hydrogens is 336 g/mol. The first-order valence-electron chi connectivity index (χ1n) is 6.56. The van der Waals surface area contributed by atoms with E-state index in [1.54, 1.807) is 13.2 Å². The molecule has 0 aliphatic rings. The van der Waals surface area contributed by atoms with E-state index in [1.165, 1.54) is 0 Å². The maximum Gasteiger partial charge on any atom is 0.250 e. The summed E-state index contributed by atoms with van der Waals surface area (Å²) in [6.07, 6.45) is 0.832. The van der Waals surface area contributed by atoms with Crippen molar-refractivity contribution in [3.63, 3.8) is 0 Å². The molecule has 0 spiro atoms. The Hall–Kier alpha value is -0.813. The number of methoxy groups -OCH3 is 1. The molecule has 0 saturated carbocycles. The Kier molecular flexibility index (Phi) is 5.08. The number of carbonyl (C=O) groups excluding carboxylic acids is 1. The van der Waals surface area contributed by atoms with E-state index >= 15 is 0 Å². The van der Waals surface area contributed by atoms with E-state index in [9.17, 15) is 4.79 Å². The second-order valence-corrected chi connectivity index (χ2v) is 12.0. The summed E-state index contributed by atoms with van der Waals surface area (Å²) in [6, 6.07) is 1.79. The molecule has 0 fully saturated rings. The lowest BCUT2D eigenvalue weighted by Gasteiger charge is -2.37. The Balaban J connectivity index is 3.40. The molecule has 0 bridgehead atoms. The number of ether oxygens (including phenoxy) is 1. The van der Waals surface area contributed by atoms with Gasteiger partial charge in [0.05, 0.1) is 11.6 Å². The number of hydrogen-bond donors (Lipinski definition) is 0. The lowest BCUT2D eigenvalue weighted by molar-refractivity contribution is 0.112. The summed E-state index contributed by atoms with van der Waals surface area (Å²) >= 11 is 3.49. The number of aldehydes is 1. The van der Waals surface area contributed by atoms with Crippen molar-refractivity contribution in [2.24, 2.45) is 0 Å². The lowest BCUT2D eigenvalue weighted by atomic mass is 10.1. The van der Waals surface area contributed by atoms with Gasteiger partial charge in [0.1, 0.15) is 6.29 Å². The zero-order chi connectivity index (χ0) is 15.7. The van der Waals surface area contributed by atoms with E-state index in [2.05, 4.69) is 49.8 Å². The first-order chi connectivity index (χ1) is 9.05. The standard InChI is InChI=1S/C15H23BrO3Si/c1-10-11(9-17)8-12(16)14(13(10)18-5)19-20(6,7)15(2,3)4/h8-9H,1-7H3. The molecule has 1 aromatic carbocycles. The van der Waals surface area contributed by atoms with E-state index in [1.807, 2.05) is 6.92 Å². The fourth-order valence-electron chi connectivity index (χ4n) is 1.59. The van der Waals surface area contributed by atoms with Gasteiger partial charge in [-0.1, -0.05) is 20.8 Å². The van der Waals surface area contributed by atoms with Crippen LogP contribution in [0, 0.1) is 6.92 Å². The smallest absolute Gasteiger partial charge is 0.250 e. The second kappa shape index (κ2) is 5.90. The van der Waals surface area contributed by atoms with Crippen LogP contribution in [0.2, 0.25) is 18.1 Å². The van der Waals surface area contributed by atoms with Crippen LogP contribution in [0.5, 0.6) is 11.5 Å². The Bertz CT molecular complexity index is 519. The Morgan fingerprint density at radius 2 is 1.80 bits per heavy atom. The minimum Gasteiger partial charge on any atom is -0.540 e. The van der Waals surface area contributed by atoms with Crippen LogP contribution in [0.25, 0.3) is 0 Å². The van der Waals surface area contributed by atoms with Crippen LogP contribution >= 0.6 is 15.9 Å². The number of hydrogen-bond acceptors (Lipinski definition) is 3. The van der Waals surface area contributed by atoms with Gasteiger partial charge < -0.3 is 9.16 Å². The third kappa shape index (κ3) is 3.26. The molecule has 0 radical (unpaired) electrons. The highest BCUT2D eigenvalue weighted by Gasteiger charge is 2.40. The van der Waals surface area contributed by atoms with Gasteiger partial charge in [-0.25, -0.2) is 0 Å². The molecular formula is C15H23BrO3Si. The molecule has 0 saturated heterocycles. The van der Waals surface area contributed by atoms with Crippen LogP contribution in [-0.2, 0) is 0 Å². The van der Waals surface area contributed by atoms with Crippen molar-refractivity contribution >= 4 is 30.5 Å². The average molecular weight is 359 g/mol. The van der Waals surface area contributed by atoms with Gasteiger partial charge in [-0.05, 0) is 47.1 Å². The molecule has 3 nitrogen and oxygen atoms in total. The highest BCUT2D eigenvalue weighted by atomic mass is 79.9. The lowest BCUT2D eigenvalue weighted by Crippen LogP contribution is -2.44. The van der Waals surface area contributed by atoms with Crippen LogP contribution in [0.3, 0.4) is 0 Å². The van der Waals surface area contributed by atoms with Crippen molar-refractivity contribution in [2.75, 3.05) is 7.11 Å². The number of rotatable bonds is 4. The van der Waals surface area contributed by atoms with Gasteiger partial charge in [0, 0.05) is 11.1 Å². The number of halogens is 1. The van der Waals surface area contributed by atoms with Gasteiger partial charge in [-0.2, -0.15) is 0 Å². The molecule has 0 aromatic heterocycles. The summed E-state index contributed by atoms with van der Waals surface area (Å²) in [6.45, 7) is 12.8. The average Bonchev–Trinajstić information content (AvgIpc) is 2.32. The van der Waals surface area contributed by atoms with Crippen LogP contribution in [0.4, 0.5) is 0 Å². The third-order valence-electron chi connectivity index (χ3n) is 3.97. The van der Waals surface area contributed by atoms with E-state index in [0.717, 1.165) is 16.3 Å². The second-order valence-electron chi connectivity index (χ2n) is 6.42. The summed E-state index contributed by atoms with van der Waals surface area (Å²) in [5.41, 5.74) is 1.41. The summed E-state index contributed by atoms with van der Waals surface area (Å²) < 4.78 is 12.6. The van der Waals surface area contributed by atoms with E-state index in [4.69, 9.17) is 9.16 Å². The highest BCUT2D eigenvalue weighted by Crippen LogP contribution is 2.45. The van der Waals surface area contributed by atoms with Gasteiger partial charge >= 0.3 is 0 Å². The Labute approximate surface area is 130 Å². The maximum absolute atomic E-state index is 11.1. The quantitative estimate of drug-likeness (QED) is 0.563. The number of benzene rings is 1. The van der Waals surface area contributed by atoms with Crippen molar-refractivity contribution in [3.8, 4) is 11.5 Å². The minimum atomic E-state index is -1.97. The maximum atomic E-state index is 11.1. The Morgan fingerprint density at radius 1 is 1.25 bits per heavy atom. The van der Waals surface area contributed by atoms with Crippen LogP contribution in [-0.4, -0.2) is 21.7 Å². The van der Waals surface area contributed by atoms with Crippen molar-refractivity contribution < 1.29 is 14.0 Å². The fourth-order valence-corrected chi connectivity index (χ4v) is 3.27. The molecule has 0 unspecified atom stereocenters. The van der Waals surface area contributed by atoms with E-state index < -0.39 is 8.32 Å². The molecule has 0 N–H and O–H groups in total. The van der Waals surface area contributed by atoms with Crippen molar-refractivity contribution in [2.45, 2.75) is 45.8 Å². The first kappa shape index (κ1) is 17.2. The molecule has 0 aliphatic carbocycles. The van der Waals surface area contributed by atoms with Crippen molar-refractivity contribution in [1.82, 2.24) is 0 Å². The summed E-state index contributed by atoms with van der Waals surface area (Å²) in [5, 5.41) is 0.0920. The van der Waals surface area contributed by atoms with Crippen LogP contribution in [0.15, 0.2) is 10.5 Å². The monoisotopic (exact) mass is 358 g/mol. The van der Waals surface area contributed by atoms with E-state index in [0.29, 0.717) is 17.1 Å². The van der Waals surface area contributed by atoms with Crippen LogP contribution < -0.4 is 9.16 Å². The highest BCUT2D eigenvalue weighted by molar-refractivity contribution is 9.10. The molecule has 112 valence electrons. The molecule has 1 aromatic rings. The van der Waals surface area contributed by atoms with Gasteiger partial charge in [0.15, 0.2) is 11.5 Å². The zero-order valence-electron chi connectivity index (χ0n) is 13.3. The van der Waals surface area contributed by atoms with Crippen molar-refractivity contribution in [1.29, 1.82) is 0 Å². The normalized spacial score (nSPS) is 12.2. The van der Waals surface area contributed by atoms with Gasteiger partial charge in [0.2, 0.25) is 0 Å². The molecule has 0 aliphatic heterocycles. The largest absolute Gasteiger partial charge is 0.540 e. The molecule has 0 amide bonds. The molecule has 0 atom stereocenters. The topological polar surface area (TPSA) is 35.5 Å². The molecule has 5 heteroatoms. The third-order valence-corrected chi connectivity index (χ3v) is 8.89. The SMILES string of the molecule is COc1c(C)c(C=O)cc(Br)c1O[Si](C)(C)C(C)(C)C. The molecule has 0 heterocycles. The van der Waals surface area contributed by atoms with E-state index in [-0.39, 0.29) is 5.04 Å². The predicted molar refractivity (Wildman–Crippen MR) is 88.6 cm³/mol. The summed E-state index contributed by atoms with van der Waals surface area (Å²) in [7, 11) is -0.375. The fraction of sp³-hybridized carbons (Fsp3) is 0.533. The summed E-state index contributed by atoms with van der Waals surface area (Å²) in [5.74, 6) is 1.33.